The smallest absolute Gasteiger partial charge is 0.231 e. The first-order valence-corrected chi connectivity index (χ1v) is 18.7. The summed E-state index contributed by atoms with van der Waals surface area (Å²) in [6.07, 6.45) is 10.6. The van der Waals surface area contributed by atoms with Gasteiger partial charge in [-0.1, -0.05) is 7.92 Å². The lowest BCUT2D eigenvalue weighted by Crippen LogP contribution is -2.48. The van der Waals surface area contributed by atoms with Gasteiger partial charge in [0.1, 0.15) is 22.9 Å². The lowest BCUT2D eigenvalue weighted by atomic mass is 10.0. The van der Waals surface area contributed by atoms with E-state index in [2.05, 4.69) is 65.9 Å². The van der Waals surface area contributed by atoms with E-state index in [4.69, 9.17) is 14.7 Å². The van der Waals surface area contributed by atoms with Gasteiger partial charge < -0.3 is 25.3 Å². The number of nitrogens with one attached hydrogen (secondary N) is 3. The predicted octanol–water partition coefficient (Wildman–Crippen LogP) is 5.79. The van der Waals surface area contributed by atoms with Crippen molar-refractivity contribution < 1.29 is 9.13 Å². The van der Waals surface area contributed by atoms with Crippen LogP contribution in [0, 0.1) is 0 Å². The van der Waals surface area contributed by atoms with E-state index in [-0.39, 0.29) is 0 Å². The van der Waals surface area contributed by atoms with Crippen molar-refractivity contribution in [2.24, 2.45) is 7.05 Å². The Morgan fingerprint density at radius 3 is 2.55 bits per heavy atom. The van der Waals surface area contributed by atoms with Gasteiger partial charge in [0, 0.05) is 98.4 Å². The molecule has 1 aliphatic carbocycles. The van der Waals surface area contributed by atoms with Gasteiger partial charge in [0.25, 0.3) is 0 Å². The topological polar surface area (TPSA) is 125 Å². The van der Waals surface area contributed by atoms with Crippen LogP contribution in [0.15, 0.2) is 61.3 Å². The van der Waals surface area contributed by atoms with E-state index in [0.717, 1.165) is 76.1 Å². The number of piperazine rings is 1. The van der Waals surface area contributed by atoms with Crippen molar-refractivity contribution in [1.82, 2.24) is 39.6 Å². The summed E-state index contributed by atoms with van der Waals surface area (Å²) in [6.45, 7) is 8.16. The van der Waals surface area contributed by atoms with Crippen LogP contribution >= 0.6 is 7.92 Å². The van der Waals surface area contributed by atoms with Crippen LogP contribution in [-0.4, -0.2) is 98.4 Å². The molecule has 4 aromatic heterocycles. The molecule has 0 bridgehead atoms. The Labute approximate surface area is 284 Å². The van der Waals surface area contributed by atoms with Crippen LogP contribution in [0.3, 0.4) is 0 Å². The molecule has 49 heavy (non-hydrogen) atoms. The number of anilines is 5. The van der Waals surface area contributed by atoms with Crippen molar-refractivity contribution in [2.75, 3.05) is 68.7 Å². The van der Waals surface area contributed by atoms with E-state index in [0.29, 0.717) is 42.5 Å². The molecule has 1 aliphatic heterocycles. The molecule has 252 valence electrons. The fourth-order valence-electron chi connectivity index (χ4n) is 6.65. The van der Waals surface area contributed by atoms with Gasteiger partial charge in [-0.25, -0.2) is 4.39 Å². The highest BCUT2D eigenvalue weighted by Gasteiger charge is 2.44. The van der Waals surface area contributed by atoms with Crippen LogP contribution in [-0.2, 0) is 7.05 Å². The van der Waals surface area contributed by atoms with Gasteiger partial charge in [0.05, 0.1) is 35.4 Å². The molecule has 8 rings (SSSR count). The number of aromatic amines is 1. The standard InChI is InChI=1S/C35H39FN11OP/c1-45-20-22(19-40-45)24-17-27(29(48-2)18-28(24)47-15-13-46(14-16-47)21-35(36)8-9-35)42-34-43-32-23(7-10-39-32)33(44-34)41-26-6-5-25-30(31(26)49(3)4)38-12-11-37-25/h5-7,10-12,17-20H,8-9,13-16,21H2,1-4H3,(H3,39,41,42,43,44). The van der Waals surface area contributed by atoms with Crippen LogP contribution in [0.4, 0.5) is 33.2 Å². The molecule has 1 saturated heterocycles. The lowest BCUT2D eigenvalue weighted by molar-refractivity contribution is 0.168. The summed E-state index contributed by atoms with van der Waals surface area (Å²) in [6, 6.07) is 10.1. The SMILES string of the molecule is COc1cc(N2CCN(CC3(F)CC3)CC2)c(-c2cnn(C)c2)cc1Nc1nc(Nc2ccc3nccnc3c2P(C)C)c2cc[nH]c2n1. The Morgan fingerprint density at radius 2 is 1.82 bits per heavy atom. The Hall–Kier alpha value is -4.87. The minimum atomic E-state index is -0.984. The van der Waals surface area contributed by atoms with Crippen LogP contribution in [0.2, 0.25) is 0 Å². The Bertz CT molecular complexity index is 2150. The zero-order chi connectivity index (χ0) is 33.7. The van der Waals surface area contributed by atoms with Crippen molar-refractivity contribution in [3.63, 3.8) is 0 Å². The Morgan fingerprint density at radius 1 is 1.00 bits per heavy atom. The van der Waals surface area contributed by atoms with E-state index in [1.807, 2.05) is 43.8 Å². The highest BCUT2D eigenvalue weighted by atomic mass is 31.1. The second-order valence-electron chi connectivity index (χ2n) is 13.1. The average Bonchev–Trinajstić information content (AvgIpc) is 3.42. The van der Waals surface area contributed by atoms with Gasteiger partial charge in [-0.3, -0.25) is 19.5 Å². The molecule has 0 amide bonds. The molecule has 1 saturated carbocycles. The molecule has 2 fully saturated rings. The largest absolute Gasteiger partial charge is 0.494 e. The molecule has 5 heterocycles. The van der Waals surface area contributed by atoms with Gasteiger partial charge in [0.2, 0.25) is 5.95 Å². The number of H-pyrrole nitrogens is 1. The lowest BCUT2D eigenvalue weighted by Gasteiger charge is -2.37. The predicted molar refractivity (Wildman–Crippen MR) is 195 cm³/mol. The van der Waals surface area contributed by atoms with Crippen LogP contribution in [0.1, 0.15) is 12.8 Å². The third kappa shape index (κ3) is 6.24. The van der Waals surface area contributed by atoms with E-state index in [1.165, 1.54) is 0 Å². The number of rotatable bonds is 10. The maximum Gasteiger partial charge on any atom is 0.231 e. The highest BCUT2D eigenvalue weighted by Crippen LogP contribution is 2.43. The molecule has 0 unspecified atom stereocenters. The normalized spacial score (nSPS) is 16.1. The number of nitrogens with zero attached hydrogens (tertiary/aromatic N) is 8. The number of methoxy groups -OCH3 is 1. The number of halogens is 1. The number of alkyl halides is 1. The first-order valence-electron chi connectivity index (χ1n) is 16.4. The van der Waals surface area contributed by atoms with Crippen molar-refractivity contribution in [3.8, 4) is 16.9 Å². The molecule has 3 N–H and O–H groups in total. The van der Waals surface area contributed by atoms with Gasteiger partial charge in [-0.2, -0.15) is 15.1 Å². The fourth-order valence-corrected chi connectivity index (χ4v) is 7.85. The number of hydrogen-bond donors (Lipinski definition) is 3. The molecule has 14 heteroatoms. The molecule has 0 spiro atoms. The van der Waals surface area contributed by atoms with E-state index >= 15 is 0 Å². The van der Waals surface area contributed by atoms with Crippen molar-refractivity contribution in [1.29, 1.82) is 0 Å². The summed E-state index contributed by atoms with van der Waals surface area (Å²) in [4.78, 5) is 26.8. The molecular formula is C35H39FN11OP. The summed E-state index contributed by atoms with van der Waals surface area (Å²) < 4.78 is 22.3. The van der Waals surface area contributed by atoms with Crippen LogP contribution in [0.25, 0.3) is 33.2 Å². The summed E-state index contributed by atoms with van der Waals surface area (Å²) in [5.74, 6) is 1.73. The first kappa shape index (κ1) is 31.4. The Balaban J connectivity index is 1.14. The molecule has 0 radical (unpaired) electrons. The number of fused-ring (bicyclic) bond motifs is 2. The second kappa shape index (κ2) is 12.5. The van der Waals surface area contributed by atoms with Gasteiger partial charge in [-0.15, -0.1) is 0 Å². The van der Waals surface area contributed by atoms with Crippen molar-refractivity contribution in [3.05, 3.63) is 61.3 Å². The number of benzene rings is 2. The van der Waals surface area contributed by atoms with Crippen molar-refractivity contribution in [2.45, 2.75) is 18.5 Å². The third-order valence-corrected chi connectivity index (χ3v) is 10.7. The average molecular weight is 680 g/mol. The number of ether oxygens (including phenoxy) is 1. The summed E-state index contributed by atoms with van der Waals surface area (Å²) in [5, 5.41) is 13.5. The van der Waals surface area contributed by atoms with Crippen molar-refractivity contribution >= 4 is 64.1 Å². The quantitative estimate of drug-likeness (QED) is 0.153. The molecule has 2 aliphatic rings. The molecule has 0 atom stereocenters. The summed E-state index contributed by atoms with van der Waals surface area (Å²) >= 11 is 0. The molecule has 6 aromatic rings. The molecule has 2 aromatic carbocycles. The summed E-state index contributed by atoms with van der Waals surface area (Å²) in [5.41, 5.74) is 6.17. The zero-order valence-corrected chi connectivity index (χ0v) is 28.9. The van der Waals surface area contributed by atoms with Crippen LogP contribution in [0.5, 0.6) is 5.75 Å². The zero-order valence-electron chi connectivity index (χ0n) is 28.0. The third-order valence-electron chi connectivity index (χ3n) is 9.32. The monoisotopic (exact) mass is 679 g/mol. The maximum atomic E-state index is 14.5. The summed E-state index contributed by atoms with van der Waals surface area (Å²) in [7, 11) is 3.07. The maximum absolute atomic E-state index is 14.5. The highest BCUT2D eigenvalue weighted by molar-refractivity contribution is 7.65. The number of aromatic nitrogens is 7. The molecule has 12 nitrogen and oxygen atoms in total. The van der Waals surface area contributed by atoms with Gasteiger partial charge in [-0.05, 0) is 50.4 Å². The second-order valence-corrected chi connectivity index (χ2v) is 15.3. The first-order chi connectivity index (χ1) is 23.8. The molecular weight excluding hydrogens is 640 g/mol. The minimum absolute atomic E-state index is 0.409. The number of aryl methyl sites for hydroxylation is 1. The van der Waals surface area contributed by atoms with E-state index in [9.17, 15) is 4.39 Å². The van der Waals surface area contributed by atoms with Crippen LogP contribution < -0.4 is 25.6 Å². The van der Waals surface area contributed by atoms with E-state index < -0.39 is 13.6 Å². The van der Waals surface area contributed by atoms with Gasteiger partial charge in [0.15, 0.2) is 0 Å². The Kier molecular flexibility index (Phi) is 8.04. The number of hydrogen-bond acceptors (Lipinski definition) is 10. The minimum Gasteiger partial charge on any atom is -0.494 e. The van der Waals surface area contributed by atoms with E-state index in [1.54, 1.807) is 24.2 Å². The fraction of sp³-hybridized carbons (Fsp3) is 0.343. The van der Waals surface area contributed by atoms with Gasteiger partial charge >= 0.3 is 0 Å².